The number of rotatable bonds is 3. The largest absolute Gasteiger partial charge is 0.467 e. The molecule has 0 aliphatic rings. The van der Waals surface area contributed by atoms with Gasteiger partial charge in [0.05, 0.1) is 19.0 Å². The second-order valence-corrected chi connectivity index (χ2v) is 3.89. The van der Waals surface area contributed by atoms with E-state index in [1.165, 1.54) is 0 Å². The number of aromatic nitrogens is 3. The summed E-state index contributed by atoms with van der Waals surface area (Å²) in [5.41, 5.74) is 0.708. The standard InChI is InChI=1S/C11H9ClN4O/c12-9-6-11(13-7-8-2-1-5-17-8)16-10(15-9)3-4-14-16/h1-6,13H,7H2. The molecular weight excluding hydrogens is 240 g/mol. The Morgan fingerprint density at radius 3 is 3.18 bits per heavy atom. The first-order valence-electron chi connectivity index (χ1n) is 5.09. The molecule has 1 N–H and O–H groups in total. The molecule has 3 aromatic rings. The van der Waals surface area contributed by atoms with E-state index in [0.29, 0.717) is 17.3 Å². The SMILES string of the molecule is Clc1cc(NCc2ccco2)n2nccc2n1. The third-order valence-corrected chi connectivity index (χ3v) is 2.55. The molecule has 3 heterocycles. The molecule has 0 atom stereocenters. The van der Waals surface area contributed by atoms with Crippen molar-refractivity contribution in [2.75, 3.05) is 5.32 Å². The summed E-state index contributed by atoms with van der Waals surface area (Å²) in [6.45, 7) is 0.572. The van der Waals surface area contributed by atoms with E-state index in [-0.39, 0.29) is 0 Å². The summed E-state index contributed by atoms with van der Waals surface area (Å²) >= 11 is 5.93. The van der Waals surface area contributed by atoms with Crippen LogP contribution in [-0.2, 0) is 6.54 Å². The fraction of sp³-hybridized carbons (Fsp3) is 0.0909. The van der Waals surface area contributed by atoms with Gasteiger partial charge >= 0.3 is 0 Å². The molecule has 0 spiro atoms. The van der Waals surface area contributed by atoms with Crippen molar-refractivity contribution < 1.29 is 4.42 Å². The predicted octanol–water partition coefficient (Wildman–Crippen LogP) is 2.59. The van der Waals surface area contributed by atoms with Crippen LogP contribution in [0.1, 0.15) is 5.76 Å². The van der Waals surface area contributed by atoms with Gasteiger partial charge in [-0.05, 0) is 12.1 Å². The monoisotopic (exact) mass is 248 g/mol. The third-order valence-electron chi connectivity index (χ3n) is 2.35. The lowest BCUT2D eigenvalue weighted by atomic mass is 10.4. The fourth-order valence-corrected chi connectivity index (χ4v) is 1.79. The molecule has 0 fully saturated rings. The van der Waals surface area contributed by atoms with Gasteiger partial charge in [-0.3, -0.25) is 0 Å². The summed E-state index contributed by atoms with van der Waals surface area (Å²) in [6.07, 6.45) is 3.32. The highest BCUT2D eigenvalue weighted by Crippen LogP contribution is 2.16. The summed E-state index contributed by atoms with van der Waals surface area (Å²) in [5, 5.41) is 7.79. The Hall–Kier alpha value is -2.01. The van der Waals surface area contributed by atoms with Crippen LogP contribution in [0.15, 0.2) is 41.1 Å². The molecule has 3 rings (SSSR count). The molecule has 0 amide bonds. The number of nitrogens with zero attached hydrogens (tertiary/aromatic N) is 3. The fourth-order valence-electron chi connectivity index (χ4n) is 1.60. The van der Waals surface area contributed by atoms with E-state index in [1.807, 2.05) is 12.1 Å². The van der Waals surface area contributed by atoms with Gasteiger partial charge in [0.2, 0.25) is 0 Å². The number of hydrogen-bond donors (Lipinski definition) is 1. The molecule has 0 aliphatic heterocycles. The maximum atomic E-state index is 5.93. The predicted molar refractivity (Wildman–Crippen MR) is 64.0 cm³/mol. The molecule has 0 radical (unpaired) electrons. The van der Waals surface area contributed by atoms with E-state index in [0.717, 1.165) is 11.6 Å². The molecule has 0 aliphatic carbocycles. The van der Waals surface area contributed by atoms with Crippen LogP contribution in [0, 0.1) is 0 Å². The van der Waals surface area contributed by atoms with Crippen LogP contribution in [0.2, 0.25) is 5.15 Å². The van der Waals surface area contributed by atoms with Gasteiger partial charge in [0.15, 0.2) is 5.65 Å². The number of hydrogen-bond acceptors (Lipinski definition) is 4. The molecule has 3 aromatic heterocycles. The Labute approximate surface area is 102 Å². The minimum absolute atomic E-state index is 0.431. The molecular formula is C11H9ClN4O. The van der Waals surface area contributed by atoms with Gasteiger partial charge in [-0.2, -0.15) is 9.61 Å². The van der Waals surface area contributed by atoms with Crippen LogP contribution in [-0.4, -0.2) is 14.6 Å². The Morgan fingerprint density at radius 2 is 2.35 bits per heavy atom. The first-order chi connectivity index (χ1) is 8.33. The van der Waals surface area contributed by atoms with Crippen molar-refractivity contribution >= 4 is 23.1 Å². The minimum atomic E-state index is 0.431. The van der Waals surface area contributed by atoms with E-state index in [9.17, 15) is 0 Å². The van der Waals surface area contributed by atoms with Crippen LogP contribution in [0.5, 0.6) is 0 Å². The second kappa shape index (κ2) is 4.10. The number of halogens is 1. The zero-order valence-corrected chi connectivity index (χ0v) is 9.55. The van der Waals surface area contributed by atoms with Crippen LogP contribution in [0.25, 0.3) is 5.65 Å². The van der Waals surface area contributed by atoms with Crippen LogP contribution in [0.3, 0.4) is 0 Å². The van der Waals surface area contributed by atoms with Crippen molar-refractivity contribution in [2.45, 2.75) is 6.54 Å². The zero-order chi connectivity index (χ0) is 11.7. The highest BCUT2D eigenvalue weighted by atomic mass is 35.5. The van der Waals surface area contributed by atoms with Gasteiger partial charge < -0.3 is 9.73 Å². The van der Waals surface area contributed by atoms with Crippen LogP contribution < -0.4 is 5.32 Å². The van der Waals surface area contributed by atoms with Crippen molar-refractivity contribution in [1.29, 1.82) is 0 Å². The Morgan fingerprint density at radius 1 is 1.41 bits per heavy atom. The number of furan rings is 1. The lowest BCUT2D eigenvalue weighted by Crippen LogP contribution is -2.05. The number of anilines is 1. The molecule has 0 bridgehead atoms. The van der Waals surface area contributed by atoms with Crippen molar-refractivity contribution in [1.82, 2.24) is 14.6 Å². The number of fused-ring (bicyclic) bond motifs is 1. The number of nitrogens with one attached hydrogen (secondary N) is 1. The quantitative estimate of drug-likeness (QED) is 0.724. The van der Waals surface area contributed by atoms with Crippen molar-refractivity contribution in [2.24, 2.45) is 0 Å². The topological polar surface area (TPSA) is 55.4 Å². The highest BCUT2D eigenvalue weighted by molar-refractivity contribution is 6.29. The highest BCUT2D eigenvalue weighted by Gasteiger charge is 2.05. The maximum Gasteiger partial charge on any atom is 0.159 e. The lowest BCUT2D eigenvalue weighted by Gasteiger charge is -2.06. The van der Waals surface area contributed by atoms with Crippen molar-refractivity contribution in [3.05, 3.63) is 47.6 Å². The normalized spacial score (nSPS) is 10.9. The smallest absolute Gasteiger partial charge is 0.159 e. The summed E-state index contributed by atoms with van der Waals surface area (Å²) in [4.78, 5) is 4.14. The van der Waals surface area contributed by atoms with E-state index < -0.39 is 0 Å². The second-order valence-electron chi connectivity index (χ2n) is 3.50. The van der Waals surface area contributed by atoms with E-state index in [1.54, 1.807) is 29.1 Å². The molecule has 0 saturated heterocycles. The Balaban J connectivity index is 1.91. The molecule has 6 heteroatoms. The van der Waals surface area contributed by atoms with Gasteiger partial charge in [0.1, 0.15) is 16.7 Å². The maximum absolute atomic E-state index is 5.93. The van der Waals surface area contributed by atoms with Gasteiger partial charge in [0.25, 0.3) is 0 Å². The van der Waals surface area contributed by atoms with E-state index in [2.05, 4.69) is 15.4 Å². The molecule has 5 nitrogen and oxygen atoms in total. The molecule has 0 saturated carbocycles. The first-order valence-corrected chi connectivity index (χ1v) is 5.47. The summed E-state index contributed by atoms with van der Waals surface area (Å²) < 4.78 is 6.93. The van der Waals surface area contributed by atoms with Crippen LogP contribution >= 0.6 is 11.6 Å². The zero-order valence-electron chi connectivity index (χ0n) is 8.80. The summed E-state index contributed by atoms with van der Waals surface area (Å²) in [5.74, 6) is 1.62. The molecule has 17 heavy (non-hydrogen) atoms. The van der Waals surface area contributed by atoms with E-state index >= 15 is 0 Å². The van der Waals surface area contributed by atoms with Crippen LogP contribution in [0.4, 0.5) is 5.82 Å². The van der Waals surface area contributed by atoms with Crippen molar-refractivity contribution in [3.63, 3.8) is 0 Å². The van der Waals surface area contributed by atoms with Gasteiger partial charge in [0, 0.05) is 12.1 Å². The Bertz CT molecular complexity index is 632. The van der Waals surface area contributed by atoms with Crippen molar-refractivity contribution in [3.8, 4) is 0 Å². The van der Waals surface area contributed by atoms with Gasteiger partial charge in [-0.25, -0.2) is 4.98 Å². The first kappa shape index (κ1) is 10.2. The average molecular weight is 249 g/mol. The van der Waals surface area contributed by atoms with E-state index in [4.69, 9.17) is 16.0 Å². The molecule has 86 valence electrons. The Kier molecular flexibility index (Phi) is 2.45. The summed E-state index contributed by atoms with van der Waals surface area (Å²) in [7, 11) is 0. The van der Waals surface area contributed by atoms with Gasteiger partial charge in [-0.1, -0.05) is 11.6 Å². The average Bonchev–Trinajstić information content (AvgIpc) is 2.95. The molecule has 0 aromatic carbocycles. The molecule has 0 unspecified atom stereocenters. The third kappa shape index (κ3) is 1.97. The minimum Gasteiger partial charge on any atom is -0.467 e. The lowest BCUT2D eigenvalue weighted by molar-refractivity contribution is 0.517. The summed E-state index contributed by atoms with van der Waals surface area (Å²) in [6, 6.07) is 7.27. The van der Waals surface area contributed by atoms with Gasteiger partial charge in [-0.15, -0.1) is 0 Å².